The Bertz CT molecular complexity index is 1030. The predicted molar refractivity (Wildman–Crippen MR) is 112 cm³/mol. The van der Waals surface area contributed by atoms with E-state index in [1.54, 1.807) is 32.2 Å². The van der Waals surface area contributed by atoms with E-state index < -0.39 is 15.1 Å². The maximum atomic E-state index is 12.8. The minimum absolute atomic E-state index is 0.0219. The van der Waals surface area contributed by atoms with E-state index in [0.717, 1.165) is 5.56 Å². The first-order valence-corrected chi connectivity index (χ1v) is 11.5. The van der Waals surface area contributed by atoms with Crippen molar-refractivity contribution in [3.63, 3.8) is 0 Å². The highest BCUT2D eigenvalue weighted by atomic mass is 32.2. The number of rotatable bonds is 8. The second kappa shape index (κ2) is 9.54. The summed E-state index contributed by atoms with van der Waals surface area (Å²) in [5, 5.41) is 6.80. The summed E-state index contributed by atoms with van der Waals surface area (Å²) < 4.78 is 43.1. The third kappa shape index (κ3) is 4.60. The highest BCUT2D eigenvalue weighted by Gasteiger charge is 2.35. The number of amides is 1. The van der Waals surface area contributed by atoms with Gasteiger partial charge in [0.25, 0.3) is 0 Å². The number of likely N-dealkylation sites (tertiary alicyclic amines) is 1. The normalized spacial score (nSPS) is 15.0. The number of carbonyl (C=O) groups excluding carboxylic acids is 1. The molecule has 31 heavy (non-hydrogen) atoms. The largest absolute Gasteiger partial charge is 0.493 e. The zero-order chi connectivity index (χ0) is 22.6. The van der Waals surface area contributed by atoms with Gasteiger partial charge in [-0.3, -0.25) is 4.79 Å². The highest BCUT2D eigenvalue weighted by molar-refractivity contribution is 7.91. The lowest BCUT2D eigenvalue weighted by atomic mass is 10.1. The number of aryl methyl sites for hydroxylation is 2. The number of hydrogen-bond donors (Lipinski definition) is 0. The molecule has 0 aliphatic carbocycles. The summed E-state index contributed by atoms with van der Waals surface area (Å²) >= 11 is 0. The molecule has 1 fully saturated rings. The van der Waals surface area contributed by atoms with Crippen molar-refractivity contribution < 1.29 is 27.4 Å². The zero-order valence-corrected chi connectivity index (χ0v) is 19.0. The fraction of sp³-hybridized carbons (Fsp3) is 0.550. The highest BCUT2D eigenvalue weighted by Crippen LogP contribution is 2.40. The Balaban J connectivity index is 1.61. The molecular formula is C20H28N4O6S. The van der Waals surface area contributed by atoms with Gasteiger partial charge in [-0.25, -0.2) is 8.42 Å². The molecule has 0 unspecified atom stereocenters. The molecule has 0 saturated carbocycles. The topological polar surface area (TPSA) is 113 Å². The predicted octanol–water partition coefficient (Wildman–Crippen LogP) is 1.24. The Morgan fingerprint density at radius 3 is 2.32 bits per heavy atom. The number of nitrogens with zero attached hydrogens (tertiary/aromatic N) is 4. The number of aromatic nitrogens is 3. The minimum atomic E-state index is -3.57. The molecule has 2 aromatic rings. The Morgan fingerprint density at radius 1 is 1.10 bits per heavy atom. The van der Waals surface area contributed by atoms with Crippen LogP contribution in [0, 0.1) is 0 Å². The number of methoxy groups -OCH3 is 3. The lowest BCUT2D eigenvalue weighted by molar-refractivity contribution is -0.132. The lowest BCUT2D eigenvalue weighted by Crippen LogP contribution is -2.43. The monoisotopic (exact) mass is 452 g/mol. The molecule has 1 saturated heterocycles. The summed E-state index contributed by atoms with van der Waals surface area (Å²) in [5.74, 6) is 1.57. The van der Waals surface area contributed by atoms with Gasteiger partial charge in [0.15, 0.2) is 11.5 Å². The van der Waals surface area contributed by atoms with Gasteiger partial charge in [-0.2, -0.15) is 0 Å². The average Bonchev–Trinajstić information content (AvgIpc) is 3.23. The molecule has 0 bridgehead atoms. The van der Waals surface area contributed by atoms with E-state index in [9.17, 15) is 13.2 Å². The maximum absolute atomic E-state index is 12.8. The molecule has 1 aromatic carbocycles. The minimum Gasteiger partial charge on any atom is -0.493 e. The van der Waals surface area contributed by atoms with Crippen LogP contribution in [0.5, 0.6) is 17.2 Å². The van der Waals surface area contributed by atoms with E-state index in [4.69, 9.17) is 14.2 Å². The summed E-state index contributed by atoms with van der Waals surface area (Å²) in [5.41, 5.74) is 0.841. The maximum Gasteiger partial charge on any atom is 0.249 e. The van der Waals surface area contributed by atoms with Gasteiger partial charge in [-0.1, -0.05) is 6.07 Å². The third-order valence-corrected chi connectivity index (χ3v) is 7.78. The van der Waals surface area contributed by atoms with Gasteiger partial charge >= 0.3 is 0 Å². The van der Waals surface area contributed by atoms with Crippen LogP contribution in [0.3, 0.4) is 0 Å². The van der Waals surface area contributed by atoms with E-state index in [1.165, 1.54) is 18.0 Å². The smallest absolute Gasteiger partial charge is 0.249 e. The number of ether oxygens (including phenoxy) is 3. The summed E-state index contributed by atoms with van der Waals surface area (Å²) in [6, 6.07) is 3.64. The fourth-order valence-corrected chi connectivity index (χ4v) is 5.59. The van der Waals surface area contributed by atoms with Crippen LogP contribution in [-0.2, 0) is 28.1 Å². The molecule has 0 N–H and O–H groups in total. The molecule has 2 heterocycles. The van der Waals surface area contributed by atoms with Gasteiger partial charge in [-0.05, 0) is 30.9 Å². The summed E-state index contributed by atoms with van der Waals surface area (Å²) in [4.78, 5) is 14.5. The van der Waals surface area contributed by atoms with E-state index in [-0.39, 0.29) is 17.5 Å². The van der Waals surface area contributed by atoms with Crippen molar-refractivity contribution in [3.8, 4) is 17.2 Å². The lowest BCUT2D eigenvalue weighted by Gasteiger charge is -2.31. The van der Waals surface area contributed by atoms with E-state index in [2.05, 4.69) is 10.2 Å². The Hall–Kier alpha value is -2.82. The first-order chi connectivity index (χ1) is 14.8. The standard InChI is InChI=1S/C20H28N4O6S/c1-23-13-21-22-20(23)31(26,27)15-9-11-24(12-10-15)17(25)8-6-14-5-7-16(28-2)19(30-4)18(14)29-3/h5,7,13,15H,6,8-12H2,1-4H3. The van der Waals surface area contributed by atoms with Crippen molar-refractivity contribution in [2.45, 2.75) is 36.1 Å². The van der Waals surface area contributed by atoms with Crippen LogP contribution in [0.4, 0.5) is 0 Å². The number of sulfone groups is 1. The molecule has 170 valence electrons. The summed E-state index contributed by atoms with van der Waals surface area (Å²) in [6.45, 7) is 0.785. The quantitative estimate of drug-likeness (QED) is 0.588. The van der Waals surface area contributed by atoms with Crippen molar-refractivity contribution in [2.24, 2.45) is 7.05 Å². The summed E-state index contributed by atoms with van der Waals surface area (Å²) in [7, 11) is 2.67. The number of carbonyl (C=O) groups is 1. The van der Waals surface area contributed by atoms with Crippen molar-refractivity contribution in [3.05, 3.63) is 24.0 Å². The Labute approximate surface area is 182 Å². The van der Waals surface area contributed by atoms with Gasteiger partial charge < -0.3 is 23.7 Å². The molecule has 10 nitrogen and oxygen atoms in total. The van der Waals surface area contributed by atoms with Crippen molar-refractivity contribution in [1.82, 2.24) is 19.7 Å². The second-order valence-electron chi connectivity index (χ2n) is 7.34. The van der Waals surface area contributed by atoms with E-state index in [1.807, 2.05) is 6.07 Å². The van der Waals surface area contributed by atoms with Gasteiger partial charge in [0.2, 0.25) is 26.7 Å². The fourth-order valence-electron chi connectivity index (χ4n) is 3.85. The first-order valence-electron chi connectivity index (χ1n) is 9.97. The van der Waals surface area contributed by atoms with Crippen molar-refractivity contribution in [2.75, 3.05) is 34.4 Å². The van der Waals surface area contributed by atoms with Crippen molar-refractivity contribution in [1.29, 1.82) is 0 Å². The van der Waals surface area contributed by atoms with E-state index >= 15 is 0 Å². The Morgan fingerprint density at radius 2 is 1.77 bits per heavy atom. The average molecular weight is 453 g/mol. The van der Waals surface area contributed by atoms with Gasteiger partial charge in [0.05, 0.1) is 26.6 Å². The molecule has 0 atom stereocenters. The summed E-state index contributed by atoms with van der Waals surface area (Å²) in [6.07, 6.45) is 2.88. The van der Waals surface area contributed by atoms with Crippen LogP contribution in [0.15, 0.2) is 23.6 Å². The van der Waals surface area contributed by atoms with Crippen LogP contribution in [-0.4, -0.2) is 73.7 Å². The molecule has 1 amide bonds. The van der Waals surface area contributed by atoms with Gasteiger partial charge in [0.1, 0.15) is 6.33 Å². The molecule has 0 spiro atoms. The van der Waals surface area contributed by atoms with Crippen molar-refractivity contribution >= 4 is 15.7 Å². The molecule has 3 rings (SSSR count). The van der Waals surface area contributed by atoms with Crippen LogP contribution in [0.2, 0.25) is 0 Å². The van der Waals surface area contributed by atoms with Crippen LogP contribution in [0.1, 0.15) is 24.8 Å². The third-order valence-electron chi connectivity index (χ3n) is 5.55. The van der Waals surface area contributed by atoms with Crippen LogP contribution >= 0.6 is 0 Å². The molecule has 0 radical (unpaired) electrons. The number of benzene rings is 1. The van der Waals surface area contributed by atoms with Gasteiger partial charge in [0, 0.05) is 26.6 Å². The molecular weight excluding hydrogens is 424 g/mol. The Kier molecular flexibility index (Phi) is 7.04. The van der Waals surface area contributed by atoms with E-state index in [0.29, 0.717) is 49.6 Å². The SMILES string of the molecule is COc1ccc(CCC(=O)N2CCC(S(=O)(=O)c3nncn3C)CC2)c(OC)c1OC. The number of piperidine rings is 1. The molecule has 1 aliphatic heterocycles. The zero-order valence-electron chi connectivity index (χ0n) is 18.2. The second-order valence-corrected chi connectivity index (χ2v) is 9.46. The molecule has 11 heteroatoms. The van der Waals surface area contributed by atoms with Crippen LogP contribution in [0.25, 0.3) is 0 Å². The first kappa shape index (κ1) is 22.9. The van der Waals surface area contributed by atoms with Crippen LogP contribution < -0.4 is 14.2 Å². The molecule has 1 aromatic heterocycles. The number of hydrogen-bond acceptors (Lipinski definition) is 8. The van der Waals surface area contributed by atoms with Gasteiger partial charge in [-0.15, -0.1) is 10.2 Å². The molecule has 1 aliphatic rings.